The van der Waals surface area contributed by atoms with Gasteiger partial charge in [0.1, 0.15) is 38.4 Å². The van der Waals surface area contributed by atoms with Gasteiger partial charge in [0.2, 0.25) is 5.95 Å². The average Bonchev–Trinajstić information content (AvgIpc) is 3.37. The molecule has 2 N–H and O–H groups in total. The van der Waals surface area contributed by atoms with Crippen molar-refractivity contribution < 1.29 is 13.2 Å². The van der Waals surface area contributed by atoms with Crippen molar-refractivity contribution in [2.45, 2.75) is 42.9 Å². The number of rotatable bonds is 8. The molecule has 0 atom stereocenters. The second-order valence-corrected chi connectivity index (χ2v) is 10.1. The maximum atomic E-state index is 13.4. The van der Waals surface area contributed by atoms with E-state index in [1.807, 2.05) is 40.3 Å². The standard InChI is InChI=1S/C17H27B5F3N9/c1-4-26-12-9(15(23,24)25)8-27-13(31-12)30-11-7-10(14(2,3)34-28-5-6-29-34)32-33(11)17(21,22)16(18,19)20/h5-8H,4,18-22H2,1-3H3,(H2,26,27,30,31). The first kappa shape index (κ1) is 25.8. The second kappa shape index (κ2) is 8.73. The number of halogens is 3. The molecule has 0 amide bonds. The van der Waals surface area contributed by atoms with Crippen molar-refractivity contribution in [2.24, 2.45) is 0 Å². The van der Waals surface area contributed by atoms with Gasteiger partial charge in [-0.15, -0.1) is 5.11 Å². The molecule has 3 aromatic rings. The predicted octanol–water partition coefficient (Wildman–Crippen LogP) is -1.91. The lowest BCUT2D eigenvalue weighted by Crippen LogP contribution is -2.49. The SMILES string of the molecule is BC(B)(B)C(B)(B)n1nc(C(C)(C)n2nccn2)cc1Nc1ncc(C(F)(F)F)c(NCC)n1. The van der Waals surface area contributed by atoms with Crippen LogP contribution in [0.15, 0.2) is 24.7 Å². The summed E-state index contributed by atoms with van der Waals surface area (Å²) < 4.78 is 42.0. The van der Waals surface area contributed by atoms with Gasteiger partial charge in [0.05, 0.1) is 41.6 Å². The Balaban J connectivity index is 2.12. The summed E-state index contributed by atoms with van der Waals surface area (Å²) in [4.78, 5) is 9.60. The summed E-state index contributed by atoms with van der Waals surface area (Å²) >= 11 is 0. The van der Waals surface area contributed by atoms with Crippen LogP contribution in [-0.2, 0) is 17.1 Å². The number of nitrogens with one attached hydrogen (secondary N) is 2. The molecule has 0 saturated heterocycles. The molecule has 0 aliphatic heterocycles. The number of hydrogen-bond acceptors (Lipinski definition) is 7. The monoisotopic (exact) mass is 469 g/mol. The largest absolute Gasteiger partial charge is 0.421 e. The first-order chi connectivity index (χ1) is 15.6. The van der Waals surface area contributed by atoms with Gasteiger partial charge in [-0.3, -0.25) is 4.68 Å². The van der Waals surface area contributed by atoms with Crippen LogP contribution >= 0.6 is 0 Å². The summed E-state index contributed by atoms with van der Waals surface area (Å²) in [5, 5.41) is 18.5. The van der Waals surface area contributed by atoms with Gasteiger partial charge >= 0.3 is 6.18 Å². The minimum Gasteiger partial charge on any atom is -0.370 e. The van der Waals surface area contributed by atoms with Gasteiger partial charge in [-0.1, -0.05) is 0 Å². The van der Waals surface area contributed by atoms with Crippen molar-refractivity contribution in [1.29, 1.82) is 0 Å². The van der Waals surface area contributed by atoms with Gasteiger partial charge < -0.3 is 10.6 Å². The first-order valence-electron chi connectivity index (χ1n) is 11.0. The summed E-state index contributed by atoms with van der Waals surface area (Å²) in [5.74, 6) is 0.281. The van der Waals surface area contributed by atoms with Gasteiger partial charge in [0.25, 0.3) is 0 Å². The Morgan fingerprint density at radius 2 is 1.65 bits per heavy atom. The Morgan fingerprint density at radius 3 is 2.18 bits per heavy atom. The zero-order chi connectivity index (χ0) is 25.5. The molecule has 0 saturated carbocycles. The minimum atomic E-state index is -4.57. The fraction of sp³-hybridized carbons (Fsp3) is 0.471. The molecule has 3 rings (SSSR count). The van der Waals surface area contributed by atoms with E-state index >= 15 is 0 Å². The Bertz CT molecular complexity index is 1140. The Labute approximate surface area is 201 Å². The molecular formula is C17H27B5F3N9. The zero-order valence-corrected chi connectivity index (χ0v) is 20.8. The van der Waals surface area contributed by atoms with Gasteiger partial charge in [0.15, 0.2) is 0 Å². The Hall–Kier alpha value is -2.86. The predicted molar refractivity (Wildman–Crippen MR) is 139 cm³/mol. The van der Waals surface area contributed by atoms with Crippen LogP contribution in [0.4, 0.5) is 30.8 Å². The topological polar surface area (TPSA) is 98.4 Å². The highest BCUT2D eigenvalue weighted by Crippen LogP contribution is 2.37. The molecule has 0 aliphatic rings. The Kier molecular flexibility index (Phi) is 6.62. The van der Waals surface area contributed by atoms with Crippen molar-refractivity contribution in [3.63, 3.8) is 0 Å². The summed E-state index contributed by atoms with van der Waals surface area (Å²) in [5.41, 5.74) is -0.938. The van der Waals surface area contributed by atoms with Crippen molar-refractivity contribution in [2.75, 3.05) is 17.2 Å². The zero-order valence-electron chi connectivity index (χ0n) is 20.8. The van der Waals surface area contributed by atoms with Crippen LogP contribution in [0.5, 0.6) is 0 Å². The van der Waals surface area contributed by atoms with E-state index in [1.165, 1.54) is 0 Å². The number of nitrogens with zero attached hydrogens (tertiary/aromatic N) is 7. The Morgan fingerprint density at radius 1 is 1.03 bits per heavy atom. The van der Waals surface area contributed by atoms with E-state index in [0.717, 1.165) is 6.20 Å². The second-order valence-electron chi connectivity index (χ2n) is 10.1. The van der Waals surface area contributed by atoms with Crippen LogP contribution in [-0.4, -0.2) is 80.5 Å². The molecule has 3 aromatic heterocycles. The van der Waals surface area contributed by atoms with Crippen LogP contribution in [0, 0.1) is 0 Å². The van der Waals surface area contributed by atoms with E-state index in [2.05, 4.69) is 54.3 Å². The maximum Gasteiger partial charge on any atom is 0.421 e. The lowest BCUT2D eigenvalue weighted by molar-refractivity contribution is -0.137. The molecule has 9 nitrogen and oxygen atoms in total. The fourth-order valence-corrected chi connectivity index (χ4v) is 3.19. The van der Waals surface area contributed by atoms with E-state index in [9.17, 15) is 13.2 Å². The highest BCUT2D eigenvalue weighted by Gasteiger charge is 2.39. The van der Waals surface area contributed by atoms with E-state index in [4.69, 9.17) is 5.10 Å². The molecule has 3 heterocycles. The third kappa shape index (κ3) is 4.83. The van der Waals surface area contributed by atoms with E-state index < -0.39 is 22.6 Å². The summed E-state index contributed by atoms with van der Waals surface area (Å²) in [6, 6.07) is 1.82. The fourth-order valence-electron chi connectivity index (χ4n) is 3.19. The van der Waals surface area contributed by atoms with Crippen molar-refractivity contribution in [3.05, 3.63) is 35.9 Å². The summed E-state index contributed by atoms with van der Waals surface area (Å²) in [7, 11) is 10.4. The average molecular weight is 469 g/mol. The third-order valence-electron chi connectivity index (χ3n) is 6.30. The molecule has 0 spiro atoms. The lowest BCUT2D eigenvalue weighted by atomic mass is 9.26. The van der Waals surface area contributed by atoms with Gasteiger partial charge in [0, 0.05) is 18.8 Å². The van der Waals surface area contributed by atoms with Crippen molar-refractivity contribution in [1.82, 2.24) is 34.7 Å². The van der Waals surface area contributed by atoms with Crippen molar-refractivity contribution in [3.8, 4) is 0 Å². The van der Waals surface area contributed by atoms with Gasteiger partial charge in [-0.2, -0.15) is 38.2 Å². The van der Waals surface area contributed by atoms with Crippen LogP contribution in [0.1, 0.15) is 32.0 Å². The van der Waals surface area contributed by atoms with Crippen LogP contribution in [0.2, 0.25) is 5.11 Å². The van der Waals surface area contributed by atoms with E-state index in [0.29, 0.717) is 11.5 Å². The third-order valence-corrected chi connectivity index (χ3v) is 6.30. The van der Waals surface area contributed by atoms with Crippen LogP contribution in [0.3, 0.4) is 0 Å². The number of hydrogen-bond donors (Lipinski definition) is 2. The molecule has 0 bridgehead atoms. The molecule has 0 unspecified atom stereocenters. The minimum absolute atomic E-state index is 0.0244. The highest BCUT2D eigenvalue weighted by atomic mass is 19.4. The van der Waals surface area contributed by atoms with Gasteiger partial charge in [-0.05, 0) is 26.1 Å². The lowest BCUT2D eigenvalue weighted by Gasteiger charge is -2.41. The maximum absolute atomic E-state index is 13.4. The smallest absolute Gasteiger partial charge is 0.370 e. The number of anilines is 3. The molecule has 17 heteroatoms. The summed E-state index contributed by atoms with van der Waals surface area (Å²) in [6.45, 7) is 5.86. The first-order valence-corrected chi connectivity index (χ1v) is 11.0. The van der Waals surface area contributed by atoms with Crippen LogP contribution < -0.4 is 10.6 Å². The highest BCUT2D eigenvalue weighted by molar-refractivity contribution is 6.66. The van der Waals surface area contributed by atoms with E-state index in [1.54, 1.807) is 24.1 Å². The number of alkyl halides is 3. The van der Waals surface area contributed by atoms with Crippen LogP contribution in [0.25, 0.3) is 0 Å². The molecule has 34 heavy (non-hydrogen) atoms. The molecule has 176 valence electrons. The quantitative estimate of drug-likeness (QED) is 0.373. The molecule has 0 radical (unpaired) electrons. The number of aromatic nitrogens is 7. The van der Waals surface area contributed by atoms with Crippen molar-refractivity contribution >= 4 is 56.8 Å². The van der Waals surface area contributed by atoms with Gasteiger partial charge in [-0.25, -0.2) is 4.98 Å². The normalized spacial score (nSPS) is 13.1. The summed E-state index contributed by atoms with van der Waals surface area (Å²) in [6.07, 6.45) is -0.605. The molecule has 0 aromatic carbocycles. The molecular weight excluding hydrogens is 441 g/mol. The molecule has 0 aliphatic carbocycles. The molecule has 0 fully saturated rings. The van der Waals surface area contributed by atoms with E-state index in [-0.39, 0.29) is 23.4 Å².